The Bertz CT molecular complexity index is 1280. The van der Waals surface area contributed by atoms with Gasteiger partial charge in [-0.05, 0) is 68.9 Å². The van der Waals surface area contributed by atoms with E-state index in [9.17, 15) is 18.8 Å². The molecule has 1 fully saturated rings. The molecule has 0 aliphatic carbocycles. The lowest BCUT2D eigenvalue weighted by atomic mass is 10.0. The second-order valence-electron chi connectivity index (χ2n) is 8.66. The molecule has 0 bridgehead atoms. The average molecular weight is 513 g/mol. The highest BCUT2D eigenvalue weighted by molar-refractivity contribution is 6.34. The standard InChI is InChI=1S/C25H26ClFN6O3/c1-32-11-3-2-4-18(32)13-33(25(36)22-21(23(28)34)29-14-30-22)17-8-6-16(7-9-17)31-24(35)19-10-5-15(27)12-20(19)26/h5-10,12,14,18H,2-4,11,13H2,1H3,(H2,28,34)(H,29,30)(H,31,35). The molecule has 2 aromatic carbocycles. The number of nitrogens with zero attached hydrogens (tertiary/aromatic N) is 3. The fourth-order valence-corrected chi connectivity index (χ4v) is 4.51. The molecule has 0 radical (unpaired) electrons. The molecule has 36 heavy (non-hydrogen) atoms. The smallest absolute Gasteiger partial charge is 0.279 e. The zero-order valence-corrected chi connectivity index (χ0v) is 20.4. The molecular weight excluding hydrogens is 487 g/mol. The van der Waals surface area contributed by atoms with Gasteiger partial charge in [-0.25, -0.2) is 9.37 Å². The van der Waals surface area contributed by atoms with E-state index in [2.05, 4.69) is 20.2 Å². The minimum Gasteiger partial charge on any atom is -0.364 e. The van der Waals surface area contributed by atoms with Crippen LogP contribution < -0.4 is 16.0 Å². The van der Waals surface area contributed by atoms with E-state index >= 15 is 0 Å². The zero-order valence-electron chi connectivity index (χ0n) is 19.6. The quantitative estimate of drug-likeness (QED) is 0.445. The first-order valence-electron chi connectivity index (χ1n) is 11.5. The molecule has 1 aliphatic rings. The summed E-state index contributed by atoms with van der Waals surface area (Å²) in [4.78, 5) is 48.4. The minimum atomic E-state index is -0.775. The van der Waals surface area contributed by atoms with Gasteiger partial charge in [0, 0.05) is 24.0 Å². The number of hydrogen-bond donors (Lipinski definition) is 3. The molecule has 4 N–H and O–H groups in total. The first-order valence-corrected chi connectivity index (χ1v) is 11.8. The van der Waals surface area contributed by atoms with Crippen LogP contribution in [0.15, 0.2) is 48.8 Å². The summed E-state index contributed by atoms with van der Waals surface area (Å²) >= 11 is 5.99. The van der Waals surface area contributed by atoms with Crippen molar-refractivity contribution >= 4 is 40.7 Å². The molecule has 3 aromatic rings. The van der Waals surface area contributed by atoms with Crippen LogP contribution in [-0.4, -0.2) is 58.8 Å². The van der Waals surface area contributed by atoms with Gasteiger partial charge in [0.25, 0.3) is 17.7 Å². The van der Waals surface area contributed by atoms with Gasteiger partial charge in [0.2, 0.25) is 0 Å². The van der Waals surface area contributed by atoms with E-state index in [-0.39, 0.29) is 28.0 Å². The summed E-state index contributed by atoms with van der Waals surface area (Å²) in [5, 5.41) is 2.72. The molecular formula is C25H26ClFN6O3. The van der Waals surface area contributed by atoms with E-state index in [1.807, 2.05) is 7.05 Å². The maximum atomic E-state index is 13.5. The molecule has 0 saturated carbocycles. The van der Waals surface area contributed by atoms with Crippen LogP contribution in [0.1, 0.15) is 50.6 Å². The van der Waals surface area contributed by atoms with Crippen molar-refractivity contribution in [3.8, 4) is 0 Å². The van der Waals surface area contributed by atoms with Crippen LogP contribution >= 0.6 is 11.6 Å². The second-order valence-corrected chi connectivity index (χ2v) is 9.07. The number of nitrogens with one attached hydrogen (secondary N) is 2. The van der Waals surface area contributed by atoms with Gasteiger partial charge >= 0.3 is 0 Å². The Balaban J connectivity index is 1.59. The number of carbonyl (C=O) groups excluding carboxylic acids is 3. The molecule has 188 valence electrons. The third kappa shape index (κ3) is 5.55. The van der Waals surface area contributed by atoms with Gasteiger partial charge in [-0.2, -0.15) is 0 Å². The van der Waals surface area contributed by atoms with Crippen molar-refractivity contribution in [2.45, 2.75) is 25.3 Å². The van der Waals surface area contributed by atoms with E-state index < -0.39 is 23.5 Å². The maximum Gasteiger partial charge on any atom is 0.279 e. The number of halogens is 2. The van der Waals surface area contributed by atoms with Gasteiger partial charge < -0.3 is 25.8 Å². The van der Waals surface area contributed by atoms with E-state index in [1.165, 1.54) is 12.4 Å². The summed E-state index contributed by atoms with van der Waals surface area (Å²) in [5.74, 6) is -2.26. The number of aromatic amines is 1. The lowest BCUT2D eigenvalue weighted by Crippen LogP contribution is -2.47. The molecule has 4 rings (SSSR count). The number of aromatic nitrogens is 2. The van der Waals surface area contributed by atoms with Crippen LogP contribution in [0, 0.1) is 5.82 Å². The number of piperidine rings is 1. The number of primary amides is 1. The number of likely N-dealkylation sites (N-methyl/N-ethyl adjacent to an activating group) is 1. The maximum absolute atomic E-state index is 13.5. The third-order valence-corrected chi connectivity index (χ3v) is 6.57. The Hall–Kier alpha value is -3.76. The number of rotatable bonds is 7. The highest BCUT2D eigenvalue weighted by atomic mass is 35.5. The fourth-order valence-electron chi connectivity index (χ4n) is 4.26. The zero-order chi connectivity index (χ0) is 25.8. The third-order valence-electron chi connectivity index (χ3n) is 6.26. The molecule has 11 heteroatoms. The number of anilines is 2. The molecule has 2 heterocycles. The molecule has 1 aliphatic heterocycles. The number of hydrogen-bond acceptors (Lipinski definition) is 5. The van der Waals surface area contributed by atoms with E-state index in [0.717, 1.165) is 37.9 Å². The predicted molar refractivity (Wildman–Crippen MR) is 135 cm³/mol. The Morgan fingerprint density at radius 1 is 1.22 bits per heavy atom. The predicted octanol–water partition coefficient (Wildman–Crippen LogP) is 3.68. The van der Waals surface area contributed by atoms with Crippen LogP contribution in [0.2, 0.25) is 5.02 Å². The molecule has 9 nitrogen and oxygen atoms in total. The first kappa shape index (κ1) is 25.3. The highest BCUT2D eigenvalue weighted by Gasteiger charge is 2.29. The van der Waals surface area contributed by atoms with Crippen LogP contribution in [0.5, 0.6) is 0 Å². The van der Waals surface area contributed by atoms with Crippen LogP contribution in [-0.2, 0) is 0 Å². The van der Waals surface area contributed by atoms with Gasteiger partial charge in [0.1, 0.15) is 11.5 Å². The summed E-state index contributed by atoms with van der Waals surface area (Å²) in [6.45, 7) is 1.32. The topological polar surface area (TPSA) is 124 Å². The van der Waals surface area contributed by atoms with Crippen LogP contribution in [0.25, 0.3) is 0 Å². The first-order chi connectivity index (χ1) is 17.2. The van der Waals surface area contributed by atoms with Gasteiger partial charge in [0.15, 0.2) is 5.69 Å². The van der Waals surface area contributed by atoms with Gasteiger partial charge in [0.05, 0.1) is 16.9 Å². The van der Waals surface area contributed by atoms with Crippen molar-refractivity contribution in [3.63, 3.8) is 0 Å². The largest absolute Gasteiger partial charge is 0.364 e. The number of amides is 3. The normalized spacial score (nSPS) is 15.9. The summed E-state index contributed by atoms with van der Waals surface area (Å²) in [7, 11) is 2.02. The van der Waals surface area contributed by atoms with E-state index in [4.69, 9.17) is 17.3 Å². The van der Waals surface area contributed by atoms with Crippen LogP contribution in [0.3, 0.4) is 0 Å². The summed E-state index contributed by atoms with van der Waals surface area (Å²) in [6.07, 6.45) is 4.34. The van der Waals surface area contributed by atoms with E-state index in [0.29, 0.717) is 17.9 Å². The SMILES string of the molecule is CN1CCCCC1CN(C(=O)c1nc[nH]c1C(N)=O)c1ccc(NC(=O)c2ccc(F)cc2Cl)cc1. The van der Waals surface area contributed by atoms with Gasteiger partial charge in [-0.1, -0.05) is 18.0 Å². The Labute approximate surface area is 212 Å². The van der Waals surface area contributed by atoms with Gasteiger partial charge in [-0.15, -0.1) is 0 Å². The molecule has 1 aromatic heterocycles. The Morgan fingerprint density at radius 3 is 2.64 bits per heavy atom. The number of benzene rings is 2. The highest BCUT2D eigenvalue weighted by Crippen LogP contribution is 2.25. The Kier molecular flexibility index (Phi) is 7.66. The second kappa shape index (κ2) is 10.9. The lowest BCUT2D eigenvalue weighted by Gasteiger charge is -2.36. The molecule has 0 spiro atoms. The molecule has 3 amide bonds. The molecule has 1 saturated heterocycles. The number of imidazole rings is 1. The van der Waals surface area contributed by atoms with Gasteiger partial charge in [-0.3, -0.25) is 14.4 Å². The fraction of sp³-hybridized carbons (Fsp3) is 0.280. The van der Waals surface area contributed by atoms with E-state index in [1.54, 1.807) is 29.2 Å². The average Bonchev–Trinajstić information content (AvgIpc) is 3.34. The summed E-state index contributed by atoms with van der Waals surface area (Å²) in [6, 6.07) is 10.3. The van der Waals surface area contributed by atoms with Crippen molar-refractivity contribution in [2.75, 3.05) is 30.4 Å². The number of likely N-dealkylation sites (tertiary alicyclic amines) is 1. The summed E-state index contributed by atoms with van der Waals surface area (Å²) < 4.78 is 13.3. The molecule has 1 atom stereocenters. The van der Waals surface area contributed by atoms with Crippen LogP contribution in [0.4, 0.5) is 15.8 Å². The number of nitrogens with two attached hydrogens (primary N) is 1. The lowest BCUT2D eigenvalue weighted by molar-refractivity contribution is 0.0944. The minimum absolute atomic E-state index is 0.00162. The van der Waals surface area contributed by atoms with Crippen molar-refractivity contribution in [2.24, 2.45) is 5.73 Å². The summed E-state index contributed by atoms with van der Waals surface area (Å²) in [5.41, 5.74) is 6.47. The molecule has 1 unspecified atom stereocenters. The van der Waals surface area contributed by atoms with Crippen molar-refractivity contribution in [1.82, 2.24) is 14.9 Å². The Morgan fingerprint density at radius 2 is 1.97 bits per heavy atom. The number of carbonyl (C=O) groups is 3. The van der Waals surface area contributed by atoms with Crippen molar-refractivity contribution in [3.05, 3.63) is 76.6 Å². The number of H-pyrrole nitrogens is 1. The van der Waals surface area contributed by atoms with Crippen molar-refractivity contribution in [1.29, 1.82) is 0 Å². The van der Waals surface area contributed by atoms with Crippen molar-refractivity contribution < 1.29 is 18.8 Å². The monoisotopic (exact) mass is 512 g/mol.